The van der Waals surface area contributed by atoms with Crippen molar-refractivity contribution in [3.8, 4) is 0 Å². The lowest BCUT2D eigenvalue weighted by Crippen LogP contribution is -2.29. The summed E-state index contributed by atoms with van der Waals surface area (Å²) in [5, 5.41) is 11.5. The molecule has 0 unspecified atom stereocenters. The first-order valence-corrected chi connectivity index (χ1v) is 11.2. The van der Waals surface area contributed by atoms with Gasteiger partial charge in [0.05, 0.1) is 22.6 Å². The van der Waals surface area contributed by atoms with E-state index >= 15 is 0 Å². The molecule has 1 N–H and O–H groups in total. The number of hydrogen-bond acceptors (Lipinski definition) is 7. The zero-order chi connectivity index (χ0) is 23.5. The van der Waals surface area contributed by atoms with Crippen molar-refractivity contribution in [2.24, 2.45) is 7.05 Å². The van der Waals surface area contributed by atoms with E-state index < -0.39 is 11.8 Å². The maximum absolute atomic E-state index is 12.8. The second-order valence-corrected chi connectivity index (χ2v) is 8.39. The number of ketones is 1. The Hall–Kier alpha value is -3.79. The highest BCUT2D eigenvalue weighted by Gasteiger charge is 2.36. The fourth-order valence-corrected chi connectivity index (χ4v) is 4.32. The molecule has 168 valence electrons. The zero-order valence-corrected chi connectivity index (χ0v) is 18.9. The van der Waals surface area contributed by atoms with Crippen LogP contribution in [0.2, 0.25) is 0 Å². The second-order valence-electron chi connectivity index (χ2n) is 7.44. The van der Waals surface area contributed by atoms with Gasteiger partial charge in [-0.25, -0.2) is 4.90 Å². The number of carbonyl (C=O) groups excluding carboxylic acids is 4. The number of fused-ring (bicyclic) bond motifs is 1. The number of thioether (sulfide) groups is 1. The molecule has 0 aliphatic carbocycles. The number of amides is 3. The Morgan fingerprint density at radius 3 is 2.36 bits per heavy atom. The van der Waals surface area contributed by atoms with Gasteiger partial charge in [0.25, 0.3) is 11.8 Å². The van der Waals surface area contributed by atoms with E-state index in [-0.39, 0.29) is 17.4 Å². The Labute approximate surface area is 194 Å². The lowest BCUT2D eigenvalue weighted by molar-refractivity contribution is -0.118. The van der Waals surface area contributed by atoms with E-state index in [0.29, 0.717) is 46.3 Å². The number of nitrogens with zero attached hydrogens (tertiary/aromatic N) is 4. The fraction of sp³-hybridized carbons (Fsp3) is 0.217. The third-order valence-corrected chi connectivity index (χ3v) is 6.22. The van der Waals surface area contributed by atoms with E-state index in [2.05, 4.69) is 15.5 Å². The molecule has 2 heterocycles. The van der Waals surface area contributed by atoms with Crippen LogP contribution in [0.4, 0.5) is 5.69 Å². The van der Waals surface area contributed by atoms with E-state index in [4.69, 9.17) is 0 Å². The lowest BCUT2D eigenvalue weighted by Gasteiger charge is -2.14. The van der Waals surface area contributed by atoms with Crippen molar-refractivity contribution in [1.82, 2.24) is 20.1 Å². The van der Waals surface area contributed by atoms with Crippen LogP contribution in [0, 0.1) is 0 Å². The highest BCUT2D eigenvalue weighted by Crippen LogP contribution is 2.29. The number of nitrogens with one attached hydrogen (secondary N) is 1. The van der Waals surface area contributed by atoms with Gasteiger partial charge in [0.2, 0.25) is 5.91 Å². The molecular weight excluding hydrogens is 442 g/mol. The number of imide groups is 1. The predicted molar refractivity (Wildman–Crippen MR) is 122 cm³/mol. The van der Waals surface area contributed by atoms with Crippen LogP contribution in [0.5, 0.6) is 0 Å². The molecule has 3 amide bonds. The predicted octanol–water partition coefficient (Wildman–Crippen LogP) is 2.27. The lowest BCUT2D eigenvalue weighted by atomic mass is 10.1. The van der Waals surface area contributed by atoms with E-state index in [1.807, 2.05) is 0 Å². The van der Waals surface area contributed by atoms with Crippen molar-refractivity contribution < 1.29 is 19.2 Å². The van der Waals surface area contributed by atoms with Crippen molar-refractivity contribution in [3.05, 3.63) is 71.0 Å². The van der Waals surface area contributed by atoms with Gasteiger partial charge in [-0.2, -0.15) is 0 Å². The van der Waals surface area contributed by atoms with Crippen LogP contribution >= 0.6 is 11.8 Å². The largest absolute Gasteiger partial charge is 0.356 e. The first-order chi connectivity index (χ1) is 15.9. The summed E-state index contributed by atoms with van der Waals surface area (Å²) in [7, 11) is 1.80. The van der Waals surface area contributed by atoms with Crippen LogP contribution in [-0.4, -0.2) is 50.6 Å². The molecule has 0 bridgehead atoms. The number of carbonyl (C=O) groups is 4. The van der Waals surface area contributed by atoms with Gasteiger partial charge in [-0.15, -0.1) is 10.2 Å². The molecule has 0 fully saturated rings. The van der Waals surface area contributed by atoms with Crippen LogP contribution in [0.15, 0.2) is 53.7 Å². The third-order valence-electron chi connectivity index (χ3n) is 5.20. The Kier molecular flexibility index (Phi) is 6.36. The number of anilines is 1. The standard InChI is InChI=1S/C23H21N5O4S/c1-14(29)24-11-10-20-25-26-23(27(20)2)33-13-19(30)15-6-5-7-16(12-15)28-21(31)17-8-3-4-9-18(17)22(28)32/h3-9,12H,10-11,13H2,1-2H3,(H,24,29). The minimum absolute atomic E-state index is 0.110. The highest BCUT2D eigenvalue weighted by molar-refractivity contribution is 7.99. The highest BCUT2D eigenvalue weighted by atomic mass is 32.2. The summed E-state index contributed by atoms with van der Waals surface area (Å²) in [4.78, 5) is 50.4. The van der Waals surface area contributed by atoms with Gasteiger partial charge < -0.3 is 9.88 Å². The van der Waals surface area contributed by atoms with Gasteiger partial charge in [0.1, 0.15) is 5.82 Å². The van der Waals surface area contributed by atoms with E-state index in [1.54, 1.807) is 60.1 Å². The molecule has 1 aliphatic heterocycles. The Balaban J connectivity index is 1.43. The quantitative estimate of drug-likeness (QED) is 0.310. The smallest absolute Gasteiger partial charge is 0.266 e. The molecule has 2 aromatic carbocycles. The van der Waals surface area contributed by atoms with Gasteiger partial charge in [-0.05, 0) is 24.3 Å². The molecule has 0 radical (unpaired) electrons. The Morgan fingerprint density at radius 1 is 1.00 bits per heavy atom. The van der Waals surface area contributed by atoms with Crippen LogP contribution in [0.1, 0.15) is 43.8 Å². The summed E-state index contributed by atoms with van der Waals surface area (Å²) in [5.74, 6) is -0.266. The van der Waals surface area contributed by atoms with Gasteiger partial charge in [0.15, 0.2) is 10.9 Å². The third kappa shape index (κ3) is 4.56. The Morgan fingerprint density at radius 2 is 1.70 bits per heavy atom. The van der Waals surface area contributed by atoms with Crippen LogP contribution in [0.3, 0.4) is 0 Å². The van der Waals surface area contributed by atoms with Crippen molar-refractivity contribution in [2.45, 2.75) is 18.5 Å². The maximum Gasteiger partial charge on any atom is 0.266 e. The normalized spacial score (nSPS) is 12.7. The van der Waals surface area contributed by atoms with Crippen molar-refractivity contribution in [1.29, 1.82) is 0 Å². The first-order valence-electron chi connectivity index (χ1n) is 10.2. The first kappa shape index (κ1) is 22.4. The monoisotopic (exact) mass is 463 g/mol. The Bertz CT molecular complexity index is 1230. The summed E-state index contributed by atoms with van der Waals surface area (Å²) >= 11 is 1.24. The molecule has 1 aliphatic rings. The fourth-order valence-electron chi connectivity index (χ4n) is 3.49. The van der Waals surface area contributed by atoms with Crippen LogP contribution in [0.25, 0.3) is 0 Å². The van der Waals surface area contributed by atoms with Gasteiger partial charge in [-0.1, -0.05) is 36.0 Å². The SMILES string of the molecule is CC(=O)NCCc1nnc(SCC(=O)c2cccc(N3C(=O)c4ccccc4C3=O)c2)n1C. The number of benzene rings is 2. The summed E-state index contributed by atoms with van der Waals surface area (Å²) in [6, 6.07) is 13.2. The molecule has 0 saturated carbocycles. The molecule has 0 atom stereocenters. The minimum atomic E-state index is -0.402. The summed E-state index contributed by atoms with van der Waals surface area (Å²) in [5.41, 5.74) is 1.46. The van der Waals surface area contributed by atoms with E-state index in [9.17, 15) is 19.2 Å². The summed E-state index contributed by atoms with van der Waals surface area (Å²) in [6.07, 6.45) is 0.528. The van der Waals surface area contributed by atoms with Crippen molar-refractivity contribution in [3.63, 3.8) is 0 Å². The number of aromatic nitrogens is 3. The molecule has 33 heavy (non-hydrogen) atoms. The van der Waals surface area contributed by atoms with Gasteiger partial charge in [0, 0.05) is 32.5 Å². The number of rotatable bonds is 8. The van der Waals surface area contributed by atoms with Crippen molar-refractivity contribution >= 4 is 41.0 Å². The zero-order valence-electron chi connectivity index (χ0n) is 18.1. The van der Waals surface area contributed by atoms with Gasteiger partial charge >= 0.3 is 0 Å². The maximum atomic E-state index is 12.8. The molecule has 3 aromatic rings. The molecule has 0 spiro atoms. The van der Waals surface area contributed by atoms with Crippen molar-refractivity contribution in [2.75, 3.05) is 17.2 Å². The number of hydrogen-bond donors (Lipinski definition) is 1. The van der Waals surface area contributed by atoms with E-state index in [0.717, 1.165) is 4.90 Å². The molecule has 0 saturated heterocycles. The second kappa shape index (κ2) is 9.37. The average molecular weight is 464 g/mol. The number of Topliss-reactive ketones (excluding diaryl/α,β-unsaturated/α-hetero) is 1. The molecule has 9 nitrogen and oxygen atoms in total. The minimum Gasteiger partial charge on any atom is -0.356 e. The molecular formula is C23H21N5O4S. The van der Waals surface area contributed by atoms with Crippen LogP contribution in [-0.2, 0) is 18.3 Å². The van der Waals surface area contributed by atoms with E-state index in [1.165, 1.54) is 18.7 Å². The topological polar surface area (TPSA) is 114 Å². The summed E-state index contributed by atoms with van der Waals surface area (Å²) in [6.45, 7) is 1.91. The van der Waals surface area contributed by atoms with Crippen LogP contribution < -0.4 is 10.2 Å². The molecule has 10 heteroatoms. The van der Waals surface area contributed by atoms with Gasteiger partial charge in [-0.3, -0.25) is 19.2 Å². The molecule has 4 rings (SSSR count). The summed E-state index contributed by atoms with van der Waals surface area (Å²) < 4.78 is 1.79. The molecule has 1 aromatic heterocycles. The average Bonchev–Trinajstić information content (AvgIpc) is 3.28.